The molecule has 122 valence electrons. The zero-order chi connectivity index (χ0) is 16.9. The second-order valence-corrected chi connectivity index (χ2v) is 5.72. The Labute approximate surface area is 147 Å². The highest BCUT2D eigenvalue weighted by Gasteiger charge is 2.10. The van der Waals surface area contributed by atoms with Crippen molar-refractivity contribution in [1.82, 2.24) is 20.4 Å². The van der Waals surface area contributed by atoms with Crippen LogP contribution in [-0.2, 0) is 6.42 Å². The third-order valence-electron chi connectivity index (χ3n) is 3.18. The predicted octanol–water partition coefficient (Wildman–Crippen LogP) is 3.41. The van der Waals surface area contributed by atoms with Crippen molar-refractivity contribution in [2.24, 2.45) is 0 Å². The van der Waals surface area contributed by atoms with E-state index < -0.39 is 0 Å². The van der Waals surface area contributed by atoms with Crippen molar-refractivity contribution in [1.29, 1.82) is 0 Å². The number of hydrogen-bond donors (Lipinski definition) is 1. The van der Waals surface area contributed by atoms with Crippen molar-refractivity contribution in [2.45, 2.75) is 6.42 Å². The fourth-order valence-corrected chi connectivity index (χ4v) is 2.30. The molecular weight excluding hydrogens is 351 g/mol. The molecule has 0 saturated heterocycles. The van der Waals surface area contributed by atoms with Gasteiger partial charge >= 0.3 is 0 Å². The second kappa shape index (κ2) is 7.42. The van der Waals surface area contributed by atoms with Crippen LogP contribution >= 0.6 is 23.2 Å². The van der Waals surface area contributed by atoms with Gasteiger partial charge in [-0.25, -0.2) is 4.98 Å². The maximum absolute atomic E-state index is 12.0. The van der Waals surface area contributed by atoms with Crippen molar-refractivity contribution < 1.29 is 9.32 Å². The first-order valence-electron chi connectivity index (χ1n) is 7.10. The first kappa shape index (κ1) is 16.4. The van der Waals surface area contributed by atoms with Crippen LogP contribution < -0.4 is 5.32 Å². The summed E-state index contributed by atoms with van der Waals surface area (Å²) in [6.07, 6.45) is 1.90. The summed E-state index contributed by atoms with van der Waals surface area (Å²) in [5.41, 5.74) is 1.26. The molecule has 0 spiro atoms. The third-order valence-corrected chi connectivity index (χ3v) is 3.64. The average Bonchev–Trinajstić information content (AvgIpc) is 3.04. The topological polar surface area (TPSA) is 80.9 Å². The predicted molar refractivity (Wildman–Crippen MR) is 90.0 cm³/mol. The summed E-state index contributed by atoms with van der Waals surface area (Å²) in [5, 5.41) is 7.59. The molecule has 3 rings (SSSR count). The summed E-state index contributed by atoms with van der Waals surface area (Å²) in [6, 6.07) is 10.2. The Bertz CT molecular complexity index is 849. The fraction of sp³-hybridized carbons (Fsp3) is 0.125. The largest absolute Gasteiger partial charge is 0.352 e. The summed E-state index contributed by atoms with van der Waals surface area (Å²) in [4.78, 5) is 20.1. The molecule has 0 radical (unpaired) electrons. The molecule has 1 amide bonds. The lowest BCUT2D eigenvalue weighted by atomic mass is 10.2. The van der Waals surface area contributed by atoms with Gasteiger partial charge < -0.3 is 9.84 Å². The fourth-order valence-electron chi connectivity index (χ4n) is 2.00. The molecule has 2 heterocycles. The van der Waals surface area contributed by atoms with Crippen LogP contribution in [0.1, 0.15) is 16.2 Å². The van der Waals surface area contributed by atoms with Gasteiger partial charge in [-0.1, -0.05) is 28.4 Å². The number of amides is 1. The summed E-state index contributed by atoms with van der Waals surface area (Å²) >= 11 is 11.6. The molecule has 8 heteroatoms. The monoisotopic (exact) mass is 362 g/mol. The van der Waals surface area contributed by atoms with Gasteiger partial charge in [0.15, 0.2) is 0 Å². The number of pyridine rings is 1. The van der Waals surface area contributed by atoms with Gasteiger partial charge in [0, 0.05) is 35.3 Å². The molecule has 0 bridgehead atoms. The number of hydrogen-bond acceptors (Lipinski definition) is 5. The Morgan fingerprint density at radius 2 is 1.96 bits per heavy atom. The van der Waals surface area contributed by atoms with Crippen LogP contribution in [0.4, 0.5) is 0 Å². The molecule has 2 aromatic heterocycles. The molecule has 3 aromatic rings. The summed E-state index contributed by atoms with van der Waals surface area (Å²) < 4.78 is 5.18. The Morgan fingerprint density at radius 1 is 1.17 bits per heavy atom. The molecule has 6 nitrogen and oxygen atoms in total. The normalized spacial score (nSPS) is 10.6. The smallest absolute Gasteiger partial charge is 0.251 e. The lowest BCUT2D eigenvalue weighted by Gasteiger charge is -2.03. The number of nitrogens with one attached hydrogen (secondary N) is 1. The van der Waals surface area contributed by atoms with Gasteiger partial charge in [0.2, 0.25) is 11.7 Å². The van der Waals surface area contributed by atoms with Crippen LogP contribution in [0, 0.1) is 0 Å². The van der Waals surface area contributed by atoms with E-state index in [2.05, 4.69) is 20.4 Å². The molecule has 0 aliphatic rings. The van der Waals surface area contributed by atoms with E-state index in [1.165, 1.54) is 12.3 Å². The highest BCUT2D eigenvalue weighted by molar-refractivity contribution is 6.30. The molecule has 0 atom stereocenters. The van der Waals surface area contributed by atoms with E-state index in [4.69, 9.17) is 27.7 Å². The van der Waals surface area contributed by atoms with Crippen LogP contribution in [0.3, 0.4) is 0 Å². The molecule has 0 unspecified atom stereocenters. The number of carbonyl (C=O) groups is 1. The van der Waals surface area contributed by atoms with Gasteiger partial charge in [-0.3, -0.25) is 4.79 Å². The van der Waals surface area contributed by atoms with E-state index in [9.17, 15) is 4.79 Å². The lowest BCUT2D eigenvalue weighted by molar-refractivity contribution is 0.0953. The first-order chi connectivity index (χ1) is 11.6. The maximum atomic E-state index is 12.0. The molecule has 1 N–H and O–H groups in total. The molecule has 0 aliphatic heterocycles. The quantitative estimate of drug-likeness (QED) is 0.703. The van der Waals surface area contributed by atoms with E-state index in [1.807, 2.05) is 12.1 Å². The third kappa shape index (κ3) is 4.10. The molecular formula is C16H12Cl2N4O2. The summed E-state index contributed by atoms with van der Waals surface area (Å²) in [7, 11) is 0. The zero-order valence-electron chi connectivity index (χ0n) is 12.4. The van der Waals surface area contributed by atoms with Gasteiger partial charge in [0.05, 0.1) is 0 Å². The van der Waals surface area contributed by atoms with Crippen LogP contribution in [0.5, 0.6) is 0 Å². The Balaban J connectivity index is 1.56. The van der Waals surface area contributed by atoms with Gasteiger partial charge in [-0.05, 0) is 36.4 Å². The Kier molecular flexibility index (Phi) is 5.08. The van der Waals surface area contributed by atoms with Gasteiger partial charge in [0.25, 0.3) is 5.91 Å². The molecule has 0 saturated carbocycles. The van der Waals surface area contributed by atoms with Crippen LogP contribution in [0.15, 0.2) is 47.1 Å². The zero-order valence-corrected chi connectivity index (χ0v) is 13.9. The van der Waals surface area contributed by atoms with E-state index in [1.54, 1.807) is 18.2 Å². The van der Waals surface area contributed by atoms with Gasteiger partial charge in [-0.2, -0.15) is 4.98 Å². The van der Waals surface area contributed by atoms with E-state index in [0.29, 0.717) is 35.3 Å². The Morgan fingerprint density at radius 3 is 2.71 bits per heavy atom. The highest BCUT2D eigenvalue weighted by atomic mass is 35.5. The molecule has 0 fully saturated rings. The van der Waals surface area contributed by atoms with E-state index >= 15 is 0 Å². The number of halogens is 2. The van der Waals surface area contributed by atoms with Gasteiger partial charge in [-0.15, -0.1) is 0 Å². The maximum Gasteiger partial charge on any atom is 0.251 e. The average molecular weight is 363 g/mol. The summed E-state index contributed by atoms with van der Waals surface area (Å²) in [5.74, 6) is 0.679. The first-order valence-corrected chi connectivity index (χ1v) is 7.86. The van der Waals surface area contributed by atoms with Gasteiger partial charge in [0.1, 0.15) is 5.15 Å². The standard InChI is InChI=1S/C16H12Cl2N4O2/c17-12-3-1-10(2-4-12)15-21-14(24-22-15)6-8-20-16(23)11-5-7-19-13(18)9-11/h1-5,7,9H,6,8H2,(H,20,23). The van der Waals surface area contributed by atoms with E-state index in [-0.39, 0.29) is 11.1 Å². The van der Waals surface area contributed by atoms with Crippen molar-refractivity contribution in [3.05, 3.63) is 64.2 Å². The number of nitrogens with zero attached hydrogens (tertiary/aromatic N) is 3. The lowest BCUT2D eigenvalue weighted by Crippen LogP contribution is -2.25. The minimum Gasteiger partial charge on any atom is -0.352 e. The van der Waals surface area contributed by atoms with Crippen LogP contribution in [0.25, 0.3) is 11.4 Å². The number of benzene rings is 1. The van der Waals surface area contributed by atoms with Crippen molar-refractivity contribution >= 4 is 29.1 Å². The number of carbonyl (C=O) groups excluding carboxylic acids is 1. The molecule has 24 heavy (non-hydrogen) atoms. The highest BCUT2D eigenvalue weighted by Crippen LogP contribution is 2.18. The number of rotatable bonds is 5. The molecule has 0 aliphatic carbocycles. The van der Waals surface area contributed by atoms with Crippen molar-refractivity contribution in [3.63, 3.8) is 0 Å². The second-order valence-electron chi connectivity index (χ2n) is 4.89. The SMILES string of the molecule is O=C(NCCc1nc(-c2ccc(Cl)cc2)no1)c1ccnc(Cl)c1. The molecule has 1 aromatic carbocycles. The minimum absolute atomic E-state index is 0.239. The Hall–Kier alpha value is -2.44. The summed E-state index contributed by atoms with van der Waals surface area (Å²) in [6.45, 7) is 0.362. The minimum atomic E-state index is -0.239. The van der Waals surface area contributed by atoms with Crippen molar-refractivity contribution in [3.8, 4) is 11.4 Å². The van der Waals surface area contributed by atoms with Crippen LogP contribution in [0.2, 0.25) is 10.2 Å². The van der Waals surface area contributed by atoms with Crippen molar-refractivity contribution in [2.75, 3.05) is 6.54 Å². The number of aromatic nitrogens is 3. The van der Waals surface area contributed by atoms with E-state index in [0.717, 1.165) is 5.56 Å². The van der Waals surface area contributed by atoms with Crippen LogP contribution in [-0.4, -0.2) is 27.6 Å².